The van der Waals surface area contributed by atoms with Crippen molar-refractivity contribution in [3.8, 4) is 6.07 Å². The molecule has 0 unspecified atom stereocenters. The van der Waals surface area contributed by atoms with Crippen molar-refractivity contribution in [1.82, 2.24) is 15.3 Å². The summed E-state index contributed by atoms with van der Waals surface area (Å²) in [7, 11) is 2.17. The van der Waals surface area contributed by atoms with Gasteiger partial charge in [0.2, 0.25) is 5.91 Å². The van der Waals surface area contributed by atoms with Crippen LogP contribution in [0.1, 0.15) is 17.2 Å². The maximum Gasteiger partial charge on any atom is 0.243 e. The Balaban J connectivity index is 1.59. The molecule has 1 aliphatic heterocycles. The van der Waals surface area contributed by atoms with Crippen LogP contribution in [-0.4, -0.2) is 55.6 Å². The monoisotopic (exact) mass is 415 g/mol. The van der Waals surface area contributed by atoms with Gasteiger partial charge in [0.1, 0.15) is 5.69 Å². The van der Waals surface area contributed by atoms with Crippen LogP contribution < -0.4 is 15.1 Å². The second-order valence-electron chi connectivity index (χ2n) is 7.95. The fourth-order valence-corrected chi connectivity index (χ4v) is 3.85. The molecule has 1 aliphatic rings. The molecule has 1 aromatic heterocycles. The first kappa shape index (κ1) is 20.8. The molecule has 1 saturated heterocycles. The number of nitrogens with zero attached hydrogens (tertiary/aromatic N) is 4. The molecule has 7 heteroatoms. The van der Waals surface area contributed by atoms with Crippen LogP contribution in [0.3, 0.4) is 0 Å². The van der Waals surface area contributed by atoms with Crippen LogP contribution in [0.25, 0.3) is 11.0 Å². The molecule has 2 heterocycles. The largest absolute Gasteiger partial charge is 0.354 e. The van der Waals surface area contributed by atoms with Crippen molar-refractivity contribution in [1.29, 1.82) is 5.26 Å². The minimum absolute atomic E-state index is 0.330. The van der Waals surface area contributed by atoms with Crippen LogP contribution >= 0.6 is 0 Å². The van der Waals surface area contributed by atoms with Crippen molar-refractivity contribution in [3.63, 3.8) is 0 Å². The highest BCUT2D eigenvalue weighted by molar-refractivity contribution is 5.88. The van der Waals surface area contributed by atoms with Gasteiger partial charge >= 0.3 is 0 Å². The van der Waals surface area contributed by atoms with Crippen LogP contribution in [-0.2, 0) is 11.2 Å². The number of quaternary nitrogens is 1. The lowest BCUT2D eigenvalue weighted by Crippen LogP contribution is -3.12. The van der Waals surface area contributed by atoms with E-state index in [-0.39, 0.29) is 5.91 Å². The van der Waals surface area contributed by atoms with E-state index in [2.05, 4.69) is 23.3 Å². The zero-order chi connectivity index (χ0) is 21.6. The quantitative estimate of drug-likeness (QED) is 0.626. The van der Waals surface area contributed by atoms with Crippen molar-refractivity contribution in [2.75, 3.05) is 44.7 Å². The van der Waals surface area contributed by atoms with E-state index in [4.69, 9.17) is 9.97 Å². The van der Waals surface area contributed by atoms with Crippen molar-refractivity contribution in [2.45, 2.75) is 12.3 Å². The minimum atomic E-state index is -1.00. The van der Waals surface area contributed by atoms with Crippen molar-refractivity contribution in [2.24, 2.45) is 0 Å². The van der Waals surface area contributed by atoms with Gasteiger partial charge in [-0.15, -0.1) is 0 Å². The number of nitrogens with one attached hydrogen (secondary N) is 2. The number of hydrogen-bond acceptors (Lipinski definition) is 5. The van der Waals surface area contributed by atoms with Gasteiger partial charge in [-0.2, -0.15) is 5.26 Å². The maximum absolute atomic E-state index is 13.0. The van der Waals surface area contributed by atoms with Crippen molar-refractivity contribution in [3.05, 3.63) is 65.9 Å². The molecule has 0 bridgehead atoms. The van der Waals surface area contributed by atoms with Gasteiger partial charge in [-0.25, -0.2) is 9.97 Å². The highest BCUT2D eigenvalue weighted by Crippen LogP contribution is 2.27. The van der Waals surface area contributed by atoms with E-state index in [1.807, 2.05) is 54.6 Å². The number of para-hydroxylation sites is 2. The first-order chi connectivity index (χ1) is 15.2. The van der Waals surface area contributed by atoms with Crippen LogP contribution in [0.5, 0.6) is 0 Å². The van der Waals surface area contributed by atoms with Gasteiger partial charge in [0, 0.05) is 6.54 Å². The fourth-order valence-electron chi connectivity index (χ4n) is 3.85. The number of aromatic nitrogens is 2. The van der Waals surface area contributed by atoms with E-state index >= 15 is 0 Å². The van der Waals surface area contributed by atoms with Gasteiger partial charge in [0.05, 0.1) is 50.3 Å². The van der Waals surface area contributed by atoms with Gasteiger partial charge in [0.15, 0.2) is 11.7 Å². The molecule has 0 radical (unpaired) electrons. The molecule has 1 fully saturated rings. The molecule has 2 N–H and O–H groups in total. The summed E-state index contributed by atoms with van der Waals surface area (Å²) < 4.78 is 0. The van der Waals surface area contributed by atoms with E-state index in [1.165, 1.54) is 4.90 Å². The Hall–Kier alpha value is -3.50. The Morgan fingerprint density at radius 1 is 1.10 bits per heavy atom. The molecule has 7 nitrogen and oxygen atoms in total. The van der Waals surface area contributed by atoms with E-state index in [1.54, 1.807) is 0 Å². The highest BCUT2D eigenvalue weighted by atomic mass is 16.1. The Labute approximate surface area is 182 Å². The number of nitriles is 1. The second-order valence-corrected chi connectivity index (χ2v) is 7.95. The lowest BCUT2D eigenvalue weighted by Gasteiger charge is -2.32. The molecule has 0 spiro atoms. The summed E-state index contributed by atoms with van der Waals surface area (Å²) in [6.45, 7) is 4.07. The average Bonchev–Trinajstić information content (AvgIpc) is 2.80. The van der Waals surface area contributed by atoms with Crippen molar-refractivity contribution < 1.29 is 9.69 Å². The Morgan fingerprint density at radius 2 is 1.74 bits per heavy atom. The fraction of sp³-hybridized carbons (Fsp3) is 0.333. The van der Waals surface area contributed by atoms with Crippen LogP contribution in [0.4, 0.5) is 5.82 Å². The standard InChI is InChI=1S/C24H26N6O/c1-29-13-15-30(16-14-29)23-22(27-20-9-5-6-10-21(20)28-23)19(17-25)24(31)26-12-11-18-7-3-2-4-8-18/h2-10,19H,11-16H2,1H3,(H,26,31)/p+1/t19-/m0/s1. The predicted octanol–water partition coefficient (Wildman–Crippen LogP) is 0.931. The Bertz CT molecular complexity index is 1090. The summed E-state index contributed by atoms with van der Waals surface area (Å²) in [6, 6.07) is 19.7. The molecule has 1 atom stereocenters. The number of rotatable bonds is 6. The molecule has 0 saturated carbocycles. The summed E-state index contributed by atoms with van der Waals surface area (Å²) in [6.07, 6.45) is 0.711. The van der Waals surface area contributed by atoms with Gasteiger partial charge < -0.3 is 15.1 Å². The SMILES string of the molecule is C[NH+]1CCN(c2nc3ccccc3nc2[C@H](C#N)C(=O)NCCc2ccccc2)CC1. The zero-order valence-electron chi connectivity index (χ0n) is 17.7. The van der Waals surface area contributed by atoms with Gasteiger partial charge in [0.25, 0.3) is 0 Å². The third-order valence-electron chi connectivity index (χ3n) is 5.72. The summed E-state index contributed by atoms with van der Waals surface area (Å²) in [5.74, 6) is -0.685. The van der Waals surface area contributed by atoms with Crippen LogP contribution in [0.2, 0.25) is 0 Å². The number of carbonyl (C=O) groups excluding carboxylic acids is 1. The molecular weight excluding hydrogens is 388 g/mol. The van der Waals surface area contributed by atoms with E-state index in [0.29, 0.717) is 30.0 Å². The van der Waals surface area contributed by atoms with E-state index < -0.39 is 5.92 Å². The second kappa shape index (κ2) is 9.54. The summed E-state index contributed by atoms with van der Waals surface area (Å²) >= 11 is 0. The van der Waals surface area contributed by atoms with Gasteiger partial charge in [-0.05, 0) is 24.1 Å². The molecule has 2 aromatic carbocycles. The lowest BCUT2D eigenvalue weighted by atomic mass is 10.0. The molecule has 1 amide bonds. The number of carbonyl (C=O) groups is 1. The molecule has 0 aliphatic carbocycles. The number of anilines is 1. The minimum Gasteiger partial charge on any atom is -0.354 e. The summed E-state index contributed by atoms with van der Waals surface area (Å²) in [4.78, 5) is 26.1. The molecular formula is C24H27N6O+. The molecule has 4 rings (SSSR count). The van der Waals surface area contributed by atoms with E-state index in [9.17, 15) is 10.1 Å². The highest BCUT2D eigenvalue weighted by Gasteiger charge is 2.30. The van der Waals surface area contributed by atoms with Crippen LogP contribution in [0.15, 0.2) is 54.6 Å². The number of benzene rings is 2. The molecule has 158 valence electrons. The van der Waals surface area contributed by atoms with E-state index in [0.717, 1.165) is 37.3 Å². The van der Waals surface area contributed by atoms with Crippen molar-refractivity contribution >= 4 is 22.8 Å². The Morgan fingerprint density at radius 3 is 2.42 bits per heavy atom. The molecule has 3 aromatic rings. The zero-order valence-corrected chi connectivity index (χ0v) is 17.7. The summed E-state index contributed by atoms with van der Waals surface area (Å²) in [5, 5.41) is 12.8. The third kappa shape index (κ3) is 4.81. The number of hydrogen-bond donors (Lipinski definition) is 2. The smallest absolute Gasteiger partial charge is 0.243 e. The number of piperazine rings is 1. The van der Waals surface area contributed by atoms with Gasteiger partial charge in [-0.3, -0.25) is 4.79 Å². The van der Waals surface area contributed by atoms with Gasteiger partial charge in [-0.1, -0.05) is 42.5 Å². The maximum atomic E-state index is 13.0. The third-order valence-corrected chi connectivity index (χ3v) is 5.72. The Kier molecular flexibility index (Phi) is 6.39. The predicted molar refractivity (Wildman–Crippen MR) is 120 cm³/mol. The number of amides is 1. The summed E-state index contributed by atoms with van der Waals surface area (Å²) in [5.41, 5.74) is 3.05. The van der Waals surface area contributed by atoms with Crippen LogP contribution in [0, 0.1) is 11.3 Å². The number of likely N-dealkylation sites (N-methyl/N-ethyl adjacent to an activating group) is 1. The average molecular weight is 416 g/mol. The first-order valence-corrected chi connectivity index (χ1v) is 10.7. The first-order valence-electron chi connectivity index (χ1n) is 10.7. The topological polar surface area (TPSA) is 86.3 Å². The normalized spacial score (nSPS) is 15.4. The lowest BCUT2D eigenvalue weighted by molar-refractivity contribution is -0.880. The molecule has 31 heavy (non-hydrogen) atoms. The number of fused-ring (bicyclic) bond motifs is 1.